The average molecular weight is 204 g/mol. The van der Waals surface area contributed by atoms with E-state index in [4.69, 9.17) is 0 Å². The van der Waals surface area contributed by atoms with Gasteiger partial charge < -0.3 is 9.30 Å². The molecule has 0 aliphatic rings. The molecule has 0 radical (unpaired) electrons. The fraction of sp³-hybridized carbons (Fsp3) is 0.500. The highest BCUT2D eigenvalue weighted by atomic mass is 19.3. The predicted octanol–water partition coefficient (Wildman–Crippen LogP) is 1.32. The van der Waals surface area contributed by atoms with E-state index in [1.807, 2.05) is 0 Å². The molecule has 6 heteroatoms. The van der Waals surface area contributed by atoms with Gasteiger partial charge in [-0.3, -0.25) is 0 Å². The van der Waals surface area contributed by atoms with E-state index in [1.165, 1.54) is 12.4 Å². The maximum Gasteiger partial charge on any atom is 0.374 e. The van der Waals surface area contributed by atoms with Gasteiger partial charge in [0, 0.05) is 12.4 Å². The van der Waals surface area contributed by atoms with Gasteiger partial charge in [-0.25, -0.2) is 18.6 Å². The van der Waals surface area contributed by atoms with E-state index < -0.39 is 18.9 Å². The number of esters is 1. The zero-order valence-electron chi connectivity index (χ0n) is 7.61. The zero-order chi connectivity index (χ0) is 10.6. The maximum absolute atomic E-state index is 12.0. The standard InChI is InChI=1S/C8H10F2N2O2/c1-2-14-8(13)7-11-3-4-12(7)5-6(9)10/h3-4,6H,2,5H2,1H3. The number of halogens is 2. The Morgan fingerprint density at radius 3 is 3.00 bits per heavy atom. The molecule has 0 aliphatic heterocycles. The Kier molecular flexibility index (Phi) is 3.55. The topological polar surface area (TPSA) is 44.1 Å². The fourth-order valence-electron chi connectivity index (χ4n) is 0.991. The van der Waals surface area contributed by atoms with Gasteiger partial charge in [0.25, 0.3) is 6.43 Å². The predicted molar refractivity (Wildman–Crippen MR) is 44.2 cm³/mol. The van der Waals surface area contributed by atoms with Gasteiger partial charge in [-0.1, -0.05) is 0 Å². The molecule has 0 atom stereocenters. The van der Waals surface area contributed by atoms with Crippen molar-refractivity contribution < 1.29 is 18.3 Å². The second kappa shape index (κ2) is 4.69. The fourth-order valence-corrected chi connectivity index (χ4v) is 0.991. The third-order valence-corrected chi connectivity index (χ3v) is 1.51. The van der Waals surface area contributed by atoms with Crippen LogP contribution in [-0.4, -0.2) is 28.6 Å². The monoisotopic (exact) mass is 204 g/mol. The van der Waals surface area contributed by atoms with Crippen LogP contribution in [-0.2, 0) is 11.3 Å². The number of carbonyl (C=O) groups excluding carboxylic acids is 1. The summed E-state index contributed by atoms with van der Waals surface area (Å²) in [6.07, 6.45) is 0.0879. The van der Waals surface area contributed by atoms with E-state index in [1.54, 1.807) is 6.92 Å². The number of carbonyl (C=O) groups is 1. The lowest BCUT2D eigenvalue weighted by molar-refractivity contribution is 0.0498. The summed E-state index contributed by atoms with van der Waals surface area (Å²) in [5, 5.41) is 0. The molecule has 14 heavy (non-hydrogen) atoms. The van der Waals surface area contributed by atoms with Crippen LogP contribution in [0.15, 0.2) is 12.4 Å². The van der Waals surface area contributed by atoms with Gasteiger partial charge in [0.1, 0.15) is 0 Å². The van der Waals surface area contributed by atoms with E-state index in [9.17, 15) is 13.6 Å². The van der Waals surface area contributed by atoms with Crippen molar-refractivity contribution in [1.29, 1.82) is 0 Å². The van der Waals surface area contributed by atoms with Crippen molar-refractivity contribution in [3.05, 3.63) is 18.2 Å². The van der Waals surface area contributed by atoms with E-state index in [0.29, 0.717) is 0 Å². The quantitative estimate of drug-likeness (QED) is 0.695. The molecule has 0 N–H and O–H groups in total. The first-order valence-electron chi connectivity index (χ1n) is 4.11. The number of hydrogen-bond acceptors (Lipinski definition) is 3. The molecular formula is C8H10F2N2O2. The second-order valence-electron chi connectivity index (χ2n) is 2.51. The third-order valence-electron chi connectivity index (χ3n) is 1.51. The largest absolute Gasteiger partial charge is 0.460 e. The lowest BCUT2D eigenvalue weighted by atomic mass is 10.5. The van der Waals surface area contributed by atoms with Crippen molar-refractivity contribution in [3.63, 3.8) is 0 Å². The first-order valence-corrected chi connectivity index (χ1v) is 4.11. The molecule has 1 aromatic heterocycles. The van der Waals surface area contributed by atoms with Crippen molar-refractivity contribution in [2.24, 2.45) is 0 Å². The van der Waals surface area contributed by atoms with Gasteiger partial charge in [-0.05, 0) is 6.92 Å². The highest BCUT2D eigenvalue weighted by molar-refractivity contribution is 5.85. The first-order chi connectivity index (χ1) is 6.65. The molecule has 0 fully saturated rings. The lowest BCUT2D eigenvalue weighted by Gasteiger charge is -2.05. The minimum atomic E-state index is -2.52. The molecule has 0 aromatic carbocycles. The molecule has 1 heterocycles. The van der Waals surface area contributed by atoms with Crippen molar-refractivity contribution in [1.82, 2.24) is 9.55 Å². The highest BCUT2D eigenvalue weighted by Crippen LogP contribution is 2.04. The van der Waals surface area contributed by atoms with Crippen LogP contribution in [0.3, 0.4) is 0 Å². The summed E-state index contributed by atoms with van der Waals surface area (Å²) >= 11 is 0. The number of aromatic nitrogens is 2. The van der Waals surface area contributed by atoms with Crippen LogP contribution < -0.4 is 0 Å². The van der Waals surface area contributed by atoms with Crippen LogP contribution >= 0.6 is 0 Å². The summed E-state index contributed by atoms with van der Waals surface area (Å²) in [5.74, 6) is -0.773. The SMILES string of the molecule is CCOC(=O)c1nccn1CC(F)F. The molecule has 1 aromatic rings. The number of imidazole rings is 1. The Labute approximate surface area is 79.5 Å². The van der Waals surface area contributed by atoms with Crippen molar-refractivity contribution in [3.8, 4) is 0 Å². The highest BCUT2D eigenvalue weighted by Gasteiger charge is 2.15. The summed E-state index contributed by atoms with van der Waals surface area (Å²) in [6, 6.07) is 0. The molecular weight excluding hydrogens is 194 g/mol. The van der Waals surface area contributed by atoms with Gasteiger partial charge in [0.2, 0.25) is 5.82 Å². The van der Waals surface area contributed by atoms with Crippen molar-refractivity contribution in [2.75, 3.05) is 6.61 Å². The summed E-state index contributed by atoms with van der Waals surface area (Å²) in [4.78, 5) is 14.8. The van der Waals surface area contributed by atoms with Crippen molar-refractivity contribution in [2.45, 2.75) is 19.9 Å². The normalized spacial score (nSPS) is 10.6. The number of hydrogen-bond donors (Lipinski definition) is 0. The number of ether oxygens (including phenoxy) is 1. The second-order valence-corrected chi connectivity index (χ2v) is 2.51. The number of nitrogens with zero attached hydrogens (tertiary/aromatic N) is 2. The van der Waals surface area contributed by atoms with Gasteiger partial charge in [-0.2, -0.15) is 0 Å². The Hall–Kier alpha value is -1.46. The molecule has 4 nitrogen and oxygen atoms in total. The molecule has 0 amide bonds. The first kappa shape index (κ1) is 10.6. The Morgan fingerprint density at radius 1 is 1.71 bits per heavy atom. The van der Waals surface area contributed by atoms with E-state index in [2.05, 4.69) is 9.72 Å². The van der Waals surface area contributed by atoms with E-state index in [0.717, 1.165) is 4.57 Å². The average Bonchev–Trinajstić information content (AvgIpc) is 2.51. The summed E-state index contributed by atoms with van der Waals surface area (Å²) in [6.45, 7) is 1.28. The van der Waals surface area contributed by atoms with Crippen molar-refractivity contribution >= 4 is 5.97 Å². The van der Waals surface area contributed by atoms with Crippen LogP contribution in [0, 0.1) is 0 Å². The maximum atomic E-state index is 12.0. The summed E-state index contributed by atoms with van der Waals surface area (Å²) < 4.78 is 29.8. The smallest absolute Gasteiger partial charge is 0.374 e. The zero-order valence-corrected chi connectivity index (χ0v) is 7.61. The van der Waals surface area contributed by atoms with Crippen LogP contribution in [0.25, 0.3) is 0 Å². The molecule has 78 valence electrons. The van der Waals surface area contributed by atoms with Gasteiger partial charge in [0.05, 0.1) is 13.2 Å². The minimum absolute atomic E-state index is 0.0906. The Bertz CT molecular complexity index is 312. The van der Waals surface area contributed by atoms with E-state index in [-0.39, 0.29) is 12.4 Å². The Morgan fingerprint density at radius 2 is 2.43 bits per heavy atom. The van der Waals surface area contributed by atoms with Crippen LogP contribution in [0.4, 0.5) is 8.78 Å². The molecule has 0 saturated heterocycles. The molecule has 0 aliphatic carbocycles. The van der Waals surface area contributed by atoms with E-state index >= 15 is 0 Å². The Balaban J connectivity index is 2.76. The molecule has 0 bridgehead atoms. The summed E-state index contributed by atoms with van der Waals surface area (Å²) in [5.41, 5.74) is 0. The van der Waals surface area contributed by atoms with Crippen LogP contribution in [0.5, 0.6) is 0 Å². The van der Waals surface area contributed by atoms with Crippen LogP contribution in [0.2, 0.25) is 0 Å². The molecule has 0 spiro atoms. The molecule has 1 rings (SSSR count). The summed E-state index contributed by atoms with van der Waals surface area (Å²) in [7, 11) is 0. The lowest BCUT2D eigenvalue weighted by Crippen LogP contribution is -2.16. The minimum Gasteiger partial charge on any atom is -0.460 e. The number of rotatable bonds is 4. The third kappa shape index (κ3) is 2.51. The van der Waals surface area contributed by atoms with Gasteiger partial charge in [0.15, 0.2) is 0 Å². The molecule has 0 saturated carbocycles. The van der Waals surface area contributed by atoms with Gasteiger partial charge >= 0.3 is 5.97 Å². The number of alkyl halides is 2. The van der Waals surface area contributed by atoms with Crippen LogP contribution in [0.1, 0.15) is 17.5 Å². The van der Waals surface area contributed by atoms with Gasteiger partial charge in [-0.15, -0.1) is 0 Å². The molecule has 0 unspecified atom stereocenters.